The molecule has 0 radical (unpaired) electrons. The van der Waals surface area contributed by atoms with E-state index < -0.39 is 0 Å². The van der Waals surface area contributed by atoms with Crippen molar-refractivity contribution in [2.45, 2.75) is 13.5 Å². The van der Waals surface area contributed by atoms with Gasteiger partial charge in [0.2, 0.25) is 11.9 Å². The standard InChI is InChI=1S/C13H16BrN5O/c1-3-20-13-17-11(15)16-12(18-13)19(2)8-9-5-4-6-10(14)7-9/h4-7H,3,8H2,1-2H3,(H2,15,16,17,18). The molecular weight excluding hydrogens is 322 g/mol. The predicted octanol–water partition coefficient (Wildman–Crippen LogP) is 2.25. The van der Waals surface area contributed by atoms with Crippen molar-refractivity contribution in [3.63, 3.8) is 0 Å². The Balaban J connectivity index is 2.18. The lowest BCUT2D eigenvalue weighted by Crippen LogP contribution is -2.20. The number of anilines is 2. The number of halogens is 1. The van der Waals surface area contributed by atoms with Crippen LogP contribution in [0.25, 0.3) is 0 Å². The molecule has 1 aromatic carbocycles. The van der Waals surface area contributed by atoms with E-state index in [0.717, 1.165) is 10.0 Å². The minimum absolute atomic E-state index is 0.152. The second-order valence-electron chi connectivity index (χ2n) is 4.20. The molecule has 20 heavy (non-hydrogen) atoms. The first-order chi connectivity index (χ1) is 9.58. The van der Waals surface area contributed by atoms with Gasteiger partial charge >= 0.3 is 6.01 Å². The number of hydrogen-bond acceptors (Lipinski definition) is 6. The van der Waals surface area contributed by atoms with Crippen LogP contribution in [0.4, 0.5) is 11.9 Å². The molecule has 0 atom stereocenters. The molecule has 0 aliphatic heterocycles. The molecule has 1 heterocycles. The van der Waals surface area contributed by atoms with Crippen LogP contribution in [0.2, 0.25) is 0 Å². The Morgan fingerprint density at radius 3 is 2.80 bits per heavy atom. The van der Waals surface area contributed by atoms with Gasteiger partial charge < -0.3 is 15.4 Å². The molecular formula is C13H16BrN5O. The van der Waals surface area contributed by atoms with Gasteiger partial charge in [0.1, 0.15) is 0 Å². The van der Waals surface area contributed by atoms with Crippen molar-refractivity contribution in [3.05, 3.63) is 34.3 Å². The molecule has 0 spiro atoms. The number of aromatic nitrogens is 3. The van der Waals surface area contributed by atoms with Crippen molar-refractivity contribution in [1.82, 2.24) is 15.0 Å². The van der Waals surface area contributed by atoms with Crippen molar-refractivity contribution < 1.29 is 4.74 Å². The highest BCUT2D eigenvalue weighted by Gasteiger charge is 2.10. The Hall–Kier alpha value is -1.89. The average Bonchev–Trinajstić information content (AvgIpc) is 2.38. The third-order valence-corrected chi connectivity index (χ3v) is 3.04. The molecule has 1 aromatic heterocycles. The molecule has 7 heteroatoms. The highest BCUT2D eigenvalue weighted by molar-refractivity contribution is 9.10. The number of rotatable bonds is 5. The SMILES string of the molecule is CCOc1nc(N)nc(N(C)Cc2cccc(Br)c2)n1. The van der Waals surface area contributed by atoms with E-state index in [9.17, 15) is 0 Å². The normalized spacial score (nSPS) is 10.3. The van der Waals surface area contributed by atoms with E-state index in [0.29, 0.717) is 19.1 Å². The van der Waals surface area contributed by atoms with E-state index in [1.165, 1.54) is 0 Å². The number of nitrogens with zero attached hydrogens (tertiary/aromatic N) is 4. The third kappa shape index (κ3) is 3.80. The Morgan fingerprint density at radius 2 is 2.10 bits per heavy atom. The molecule has 2 N–H and O–H groups in total. The van der Waals surface area contributed by atoms with Crippen molar-refractivity contribution >= 4 is 27.8 Å². The maximum atomic E-state index is 5.67. The summed E-state index contributed by atoms with van der Waals surface area (Å²) in [6, 6.07) is 8.30. The molecule has 0 aliphatic carbocycles. The van der Waals surface area contributed by atoms with E-state index in [-0.39, 0.29) is 12.0 Å². The maximum absolute atomic E-state index is 5.67. The van der Waals surface area contributed by atoms with E-state index in [4.69, 9.17) is 10.5 Å². The van der Waals surface area contributed by atoms with Crippen LogP contribution < -0.4 is 15.4 Å². The Labute approximate surface area is 126 Å². The average molecular weight is 338 g/mol. The first kappa shape index (κ1) is 14.5. The van der Waals surface area contributed by atoms with Crippen LogP contribution in [-0.4, -0.2) is 28.6 Å². The number of nitrogen functional groups attached to an aromatic ring is 1. The van der Waals surface area contributed by atoms with E-state index in [1.54, 1.807) is 0 Å². The summed E-state index contributed by atoms with van der Waals surface area (Å²) < 4.78 is 6.31. The van der Waals surface area contributed by atoms with Crippen molar-refractivity contribution in [3.8, 4) is 6.01 Å². The van der Waals surface area contributed by atoms with Crippen LogP contribution in [0.15, 0.2) is 28.7 Å². The fourth-order valence-electron chi connectivity index (χ4n) is 1.71. The zero-order chi connectivity index (χ0) is 14.5. The fourth-order valence-corrected chi connectivity index (χ4v) is 2.15. The molecule has 106 valence electrons. The number of benzene rings is 1. The fraction of sp³-hybridized carbons (Fsp3) is 0.308. The van der Waals surface area contributed by atoms with Gasteiger partial charge in [0.25, 0.3) is 0 Å². The highest BCUT2D eigenvalue weighted by Crippen LogP contribution is 2.17. The van der Waals surface area contributed by atoms with Crippen molar-refractivity contribution in [2.75, 3.05) is 24.3 Å². The predicted molar refractivity (Wildman–Crippen MR) is 81.7 cm³/mol. The quantitative estimate of drug-likeness (QED) is 0.901. The number of nitrogens with two attached hydrogens (primary N) is 1. The lowest BCUT2D eigenvalue weighted by molar-refractivity contribution is 0.312. The topological polar surface area (TPSA) is 77.2 Å². The molecule has 2 aromatic rings. The second-order valence-corrected chi connectivity index (χ2v) is 5.11. The van der Waals surface area contributed by atoms with Crippen molar-refractivity contribution in [2.24, 2.45) is 0 Å². The van der Waals surface area contributed by atoms with E-state index >= 15 is 0 Å². The molecule has 0 bridgehead atoms. The summed E-state index contributed by atoms with van der Waals surface area (Å²) in [6.45, 7) is 3.01. The molecule has 0 saturated heterocycles. The minimum atomic E-state index is 0.152. The molecule has 0 amide bonds. The maximum Gasteiger partial charge on any atom is 0.323 e. The lowest BCUT2D eigenvalue weighted by Gasteiger charge is -2.17. The summed E-state index contributed by atoms with van der Waals surface area (Å²) >= 11 is 3.45. The summed E-state index contributed by atoms with van der Waals surface area (Å²) in [5.41, 5.74) is 6.81. The van der Waals surface area contributed by atoms with E-state index in [1.807, 2.05) is 43.1 Å². The van der Waals surface area contributed by atoms with Gasteiger partial charge in [-0.25, -0.2) is 0 Å². The molecule has 6 nitrogen and oxygen atoms in total. The van der Waals surface area contributed by atoms with Gasteiger partial charge in [0, 0.05) is 18.1 Å². The van der Waals surface area contributed by atoms with Crippen molar-refractivity contribution in [1.29, 1.82) is 0 Å². The van der Waals surface area contributed by atoms with Gasteiger partial charge in [-0.3, -0.25) is 0 Å². The zero-order valence-electron chi connectivity index (χ0n) is 11.4. The van der Waals surface area contributed by atoms with Crippen LogP contribution >= 0.6 is 15.9 Å². The summed E-state index contributed by atoms with van der Waals surface area (Å²) in [4.78, 5) is 14.2. The molecule has 0 saturated carbocycles. The summed E-state index contributed by atoms with van der Waals surface area (Å²) in [5, 5.41) is 0. The van der Waals surface area contributed by atoms with Crippen LogP contribution in [0.3, 0.4) is 0 Å². The number of ether oxygens (including phenoxy) is 1. The summed E-state index contributed by atoms with van der Waals surface area (Å²) in [5.74, 6) is 0.639. The van der Waals surface area contributed by atoms with Crippen LogP contribution in [0, 0.1) is 0 Å². The van der Waals surface area contributed by atoms with Crippen LogP contribution in [-0.2, 0) is 6.54 Å². The van der Waals surface area contributed by atoms with Gasteiger partial charge in [-0.05, 0) is 24.6 Å². The van der Waals surface area contributed by atoms with Gasteiger partial charge in [0.15, 0.2) is 0 Å². The van der Waals surface area contributed by atoms with Gasteiger partial charge in [-0.15, -0.1) is 0 Å². The Morgan fingerprint density at radius 1 is 1.30 bits per heavy atom. The largest absolute Gasteiger partial charge is 0.464 e. The minimum Gasteiger partial charge on any atom is -0.464 e. The zero-order valence-corrected chi connectivity index (χ0v) is 13.0. The first-order valence-corrected chi connectivity index (χ1v) is 6.97. The summed E-state index contributed by atoms with van der Waals surface area (Å²) in [7, 11) is 1.89. The second kappa shape index (κ2) is 6.51. The van der Waals surface area contributed by atoms with E-state index in [2.05, 4.69) is 30.9 Å². The lowest BCUT2D eigenvalue weighted by atomic mass is 10.2. The number of hydrogen-bond donors (Lipinski definition) is 1. The molecule has 2 rings (SSSR count). The molecule has 0 fully saturated rings. The molecule has 0 unspecified atom stereocenters. The van der Waals surface area contributed by atoms with Gasteiger partial charge in [0.05, 0.1) is 6.61 Å². The smallest absolute Gasteiger partial charge is 0.323 e. The van der Waals surface area contributed by atoms with Gasteiger partial charge in [-0.1, -0.05) is 28.1 Å². The summed E-state index contributed by atoms with van der Waals surface area (Å²) in [6.07, 6.45) is 0. The Kier molecular flexibility index (Phi) is 4.73. The highest BCUT2D eigenvalue weighted by atomic mass is 79.9. The Bertz CT molecular complexity index is 593. The molecule has 0 aliphatic rings. The first-order valence-electron chi connectivity index (χ1n) is 6.18. The van der Waals surface area contributed by atoms with Crippen LogP contribution in [0.1, 0.15) is 12.5 Å². The van der Waals surface area contributed by atoms with Gasteiger partial charge in [-0.2, -0.15) is 15.0 Å². The monoisotopic (exact) mass is 337 g/mol. The third-order valence-electron chi connectivity index (χ3n) is 2.54. The van der Waals surface area contributed by atoms with Crippen LogP contribution in [0.5, 0.6) is 6.01 Å².